The Morgan fingerprint density at radius 1 is 1.07 bits per heavy atom. The van der Waals surface area contributed by atoms with E-state index in [0.29, 0.717) is 16.6 Å². The first kappa shape index (κ1) is 20.3. The van der Waals surface area contributed by atoms with Crippen LogP contribution in [0.3, 0.4) is 0 Å². The van der Waals surface area contributed by atoms with E-state index in [1.165, 1.54) is 18.2 Å². The number of carbonyl (C=O) groups is 1. The van der Waals surface area contributed by atoms with E-state index in [1.54, 1.807) is 37.3 Å². The van der Waals surface area contributed by atoms with Gasteiger partial charge in [0, 0.05) is 5.39 Å². The summed E-state index contributed by atoms with van der Waals surface area (Å²) >= 11 is 0. The molecule has 1 heterocycles. The van der Waals surface area contributed by atoms with Crippen molar-refractivity contribution in [3.63, 3.8) is 0 Å². The van der Waals surface area contributed by atoms with Crippen molar-refractivity contribution in [1.82, 2.24) is 5.32 Å². The molecule has 30 heavy (non-hydrogen) atoms. The third kappa shape index (κ3) is 3.42. The molecule has 0 spiro atoms. The van der Waals surface area contributed by atoms with Gasteiger partial charge in [0.05, 0.1) is 21.5 Å². The van der Waals surface area contributed by atoms with Crippen LogP contribution in [0.4, 0.5) is 5.69 Å². The zero-order chi connectivity index (χ0) is 21.7. The maximum absolute atomic E-state index is 13.0. The minimum atomic E-state index is -3.82. The fourth-order valence-electron chi connectivity index (χ4n) is 3.58. The summed E-state index contributed by atoms with van der Waals surface area (Å²) in [6.07, 6.45) is 0. The van der Waals surface area contributed by atoms with Gasteiger partial charge in [-0.1, -0.05) is 36.4 Å². The third-order valence-corrected chi connectivity index (χ3v) is 7.79. The molecule has 0 bridgehead atoms. The van der Waals surface area contributed by atoms with Crippen molar-refractivity contribution >= 4 is 42.4 Å². The Hall–Kier alpha value is -2.95. The number of nitrogens with two attached hydrogens (primary N) is 1. The third-order valence-electron chi connectivity index (χ3n) is 5.05. The van der Waals surface area contributed by atoms with E-state index in [9.17, 15) is 21.6 Å². The molecule has 0 aromatic heterocycles. The smallest absolute Gasteiger partial charge is 0.265 e. The largest absolute Gasteiger partial charge is 0.348 e. The van der Waals surface area contributed by atoms with Crippen molar-refractivity contribution in [2.24, 2.45) is 5.14 Å². The van der Waals surface area contributed by atoms with Gasteiger partial charge >= 0.3 is 0 Å². The first-order valence-electron chi connectivity index (χ1n) is 9.05. The lowest BCUT2D eigenvalue weighted by atomic mass is 10.1. The fraction of sp³-hybridized carbons (Fsp3) is 0.150. The fourth-order valence-corrected chi connectivity index (χ4v) is 5.76. The van der Waals surface area contributed by atoms with Crippen LogP contribution in [0.5, 0.6) is 0 Å². The number of nitrogens with one attached hydrogen (secondary N) is 1. The average molecular weight is 446 g/mol. The van der Waals surface area contributed by atoms with Crippen LogP contribution in [0, 0.1) is 0 Å². The molecule has 3 aromatic rings. The second-order valence-corrected chi connectivity index (χ2v) is 10.4. The number of anilines is 1. The Bertz CT molecular complexity index is 1360. The van der Waals surface area contributed by atoms with Crippen molar-refractivity contribution in [2.75, 3.05) is 10.8 Å². The van der Waals surface area contributed by atoms with Crippen LogP contribution in [0.1, 0.15) is 18.5 Å². The summed E-state index contributed by atoms with van der Waals surface area (Å²) in [4.78, 5) is 12.8. The van der Waals surface area contributed by atoms with Crippen molar-refractivity contribution in [2.45, 2.75) is 22.8 Å². The van der Waals surface area contributed by atoms with Gasteiger partial charge in [-0.05, 0) is 42.1 Å². The summed E-state index contributed by atoms with van der Waals surface area (Å²) in [6.45, 7) is 1.35. The second-order valence-electron chi connectivity index (χ2n) is 7.05. The Morgan fingerprint density at radius 3 is 2.33 bits per heavy atom. The van der Waals surface area contributed by atoms with Crippen LogP contribution >= 0.6 is 0 Å². The highest BCUT2D eigenvalue weighted by Gasteiger charge is 2.36. The molecule has 8 nitrogen and oxygen atoms in total. The zero-order valence-corrected chi connectivity index (χ0v) is 17.6. The molecule has 1 aliphatic rings. The van der Waals surface area contributed by atoms with Gasteiger partial charge in [-0.2, -0.15) is 0 Å². The van der Waals surface area contributed by atoms with E-state index in [2.05, 4.69) is 5.32 Å². The monoisotopic (exact) mass is 445 g/mol. The van der Waals surface area contributed by atoms with Gasteiger partial charge in [-0.15, -0.1) is 0 Å². The molecule has 156 valence electrons. The van der Waals surface area contributed by atoms with E-state index in [-0.39, 0.29) is 16.3 Å². The van der Waals surface area contributed by atoms with Crippen molar-refractivity contribution in [1.29, 1.82) is 0 Å². The minimum absolute atomic E-state index is 0.0289. The molecule has 10 heteroatoms. The van der Waals surface area contributed by atoms with E-state index < -0.39 is 32.0 Å². The maximum atomic E-state index is 13.0. The summed E-state index contributed by atoms with van der Waals surface area (Å²) in [6, 6.07) is 15.7. The van der Waals surface area contributed by atoms with Crippen molar-refractivity contribution in [3.8, 4) is 0 Å². The molecule has 3 aromatic carbocycles. The predicted molar refractivity (Wildman–Crippen MR) is 113 cm³/mol. The lowest BCUT2D eigenvalue weighted by Gasteiger charge is -2.20. The number of carbonyl (C=O) groups excluding carboxylic acids is 1. The summed E-state index contributed by atoms with van der Waals surface area (Å²) in [5.41, 5.74) is 1.13. The van der Waals surface area contributed by atoms with E-state index in [0.717, 1.165) is 9.69 Å². The number of rotatable bonds is 5. The second kappa shape index (κ2) is 7.08. The first-order chi connectivity index (χ1) is 14.1. The number of benzene rings is 3. The highest BCUT2D eigenvalue weighted by Crippen LogP contribution is 2.41. The highest BCUT2D eigenvalue weighted by atomic mass is 32.2. The molecule has 0 saturated heterocycles. The van der Waals surface area contributed by atoms with Gasteiger partial charge < -0.3 is 5.32 Å². The molecule has 1 aliphatic heterocycles. The van der Waals surface area contributed by atoms with Crippen LogP contribution < -0.4 is 14.8 Å². The molecule has 0 fully saturated rings. The molecule has 4 rings (SSSR count). The maximum Gasteiger partial charge on any atom is 0.265 e. The van der Waals surface area contributed by atoms with Crippen molar-refractivity contribution in [3.05, 3.63) is 66.2 Å². The summed E-state index contributed by atoms with van der Waals surface area (Å²) < 4.78 is 49.8. The van der Waals surface area contributed by atoms with Crippen LogP contribution in [0.15, 0.2) is 70.5 Å². The summed E-state index contributed by atoms with van der Waals surface area (Å²) in [5.74, 6) is -0.480. The molecular weight excluding hydrogens is 426 g/mol. The minimum Gasteiger partial charge on any atom is -0.348 e. The average Bonchev–Trinajstić information content (AvgIpc) is 2.91. The zero-order valence-electron chi connectivity index (χ0n) is 15.9. The number of primary sulfonamides is 1. The number of hydrogen-bond donors (Lipinski definition) is 2. The lowest BCUT2D eigenvalue weighted by Crippen LogP contribution is -2.39. The molecule has 0 aliphatic carbocycles. The van der Waals surface area contributed by atoms with Crippen LogP contribution in [0.2, 0.25) is 0 Å². The van der Waals surface area contributed by atoms with Crippen LogP contribution in [0.25, 0.3) is 10.8 Å². The number of sulfonamides is 2. The van der Waals surface area contributed by atoms with Gasteiger partial charge in [0.15, 0.2) is 0 Å². The molecule has 1 atom stereocenters. The quantitative estimate of drug-likeness (QED) is 0.620. The van der Waals surface area contributed by atoms with E-state index in [4.69, 9.17) is 5.14 Å². The van der Waals surface area contributed by atoms with Gasteiger partial charge in [-0.25, -0.2) is 22.0 Å². The van der Waals surface area contributed by atoms with Crippen LogP contribution in [-0.2, 0) is 24.8 Å². The topological polar surface area (TPSA) is 127 Å². The predicted octanol–water partition coefficient (Wildman–Crippen LogP) is 1.87. The van der Waals surface area contributed by atoms with E-state index >= 15 is 0 Å². The normalized spacial score (nSPS) is 15.9. The van der Waals surface area contributed by atoms with Crippen molar-refractivity contribution < 1.29 is 21.6 Å². The molecule has 1 amide bonds. The lowest BCUT2D eigenvalue weighted by molar-refractivity contribution is -0.120. The molecule has 3 N–H and O–H groups in total. The number of hydrogen-bond acceptors (Lipinski definition) is 5. The summed E-state index contributed by atoms with van der Waals surface area (Å²) in [5, 5.41) is 9.24. The van der Waals surface area contributed by atoms with Gasteiger partial charge in [0.2, 0.25) is 15.9 Å². The highest BCUT2D eigenvalue weighted by molar-refractivity contribution is 7.93. The Balaban J connectivity index is 1.54. The standard InChI is InChI=1S/C20H19N3O5S2/c1-13(14-8-10-16(11-9-14)29(21,25)26)22-19(24)12-23-17-6-2-4-15-5-3-7-18(20(15)17)30(23,27)28/h2-11,13H,12H2,1H3,(H,22,24)(H2,21,25,26)/t13-/m0/s1. The van der Waals surface area contributed by atoms with Gasteiger partial charge in [-0.3, -0.25) is 9.10 Å². The molecule has 0 radical (unpaired) electrons. The van der Waals surface area contributed by atoms with Gasteiger partial charge in [0.1, 0.15) is 6.54 Å². The number of nitrogens with zero attached hydrogens (tertiary/aromatic N) is 1. The van der Waals surface area contributed by atoms with E-state index in [1.807, 2.05) is 12.1 Å². The van der Waals surface area contributed by atoms with Crippen LogP contribution in [-0.4, -0.2) is 29.3 Å². The summed E-state index contributed by atoms with van der Waals surface area (Å²) in [7, 11) is -7.63. The number of amides is 1. The Labute approximate surface area is 174 Å². The SMILES string of the molecule is C[C@H](NC(=O)CN1c2cccc3cccc(c23)S1(=O)=O)c1ccc(S(N)(=O)=O)cc1. The molecule has 0 saturated carbocycles. The van der Waals surface area contributed by atoms with Gasteiger partial charge in [0.25, 0.3) is 10.0 Å². The molecular formula is C20H19N3O5S2. The Kier molecular flexibility index (Phi) is 4.80. The first-order valence-corrected chi connectivity index (χ1v) is 12.0. The Morgan fingerprint density at radius 2 is 1.70 bits per heavy atom. The molecule has 0 unspecified atom stereocenters.